The van der Waals surface area contributed by atoms with Gasteiger partial charge >= 0.3 is 6.18 Å². The zero-order chi connectivity index (χ0) is 16.3. The van der Waals surface area contributed by atoms with Gasteiger partial charge in [0.05, 0.1) is 6.61 Å². The van der Waals surface area contributed by atoms with Gasteiger partial charge in [0.25, 0.3) is 0 Å². The maximum absolute atomic E-state index is 13.2. The summed E-state index contributed by atoms with van der Waals surface area (Å²) in [6.07, 6.45) is -5.13. The monoisotopic (exact) mass is 319 g/mol. The lowest BCUT2D eigenvalue weighted by Crippen LogP contribution is -2.35. The lowest BCUT2D eigenvalue weighted by Gasteiger charge is -2.28. The molecular formula is C14H20F3NO2Si. The largest absolute Gasteiger partial charge is 0.492 e. The number of alkyl halides is 3. The third kappa shape index (κ3) is 5.51. The first-order valence-corrected chi connectivity index (χ1v) is 9.98. The third-order valence-corrected chi connectivity index (χ3v) is 3.40. The van der Waals surface area contributed by atoms with Gasteiger partial charge in [-0.25, -0.2) is 0 Å². The predicted octanol–water partition coefficient (Wildman–Crippen LogP) is 4.54. The van der Waals surface area contributed by atoms with Crippen molar-refractivity contribution in [3.05, 3.63) is 36.2 Å². The molecule has 0 aliphatic carbocycles. The molecule has 0 saturated heterocycles. The number of pyridine rings is 1. The van der Waals surface area contributed by atoms with Crippen LogP contribution in [0.15, 0.2) is 24.9 Å². The summed E-state index contributed by atoms with van der Waals surface area (Å²) in [6, 6.07) is 2.62. The van der Waals surface area contributed by atoms with Crippen molar-refractivity contribution in [2.24, 2.45) is 0 Å². The molecule has 7 heteroatoms. The maximum Gasteiger partial charge on any atom is 0.417 e. The highest BCUT2D eigenvalue weighted by atomic mass is 28.4. The molecule has 0 aliphatic rings. The fourth-order valence-corrected chi connectivity index (χ4v) is 2.66. The Labute approximate surface area is 123 Å². The fourth-order valence-electron chi connectivity index (χ4n) is 1.69. The van der Waals surface area contributed by atoms with Gasteiger partial charge in [0, 0.05) is 6.20 Å². The second-order valence-electron chi connectivity index (χ2n) is 5.48. The van der Waals surface area contributed by atoms with E-state index in [0.29, 0.717) is 6.61 Å². The normalized spacial score (nSPS) is 13.9. The van der Waals surface area contributed by atoms with Gasteiger partial charge < -0.3 is 9.16 Å². The molecule has 1 heterocycles. The summed E-state index contributed by atoms with van der Waals surface area (Å²) in [5.41, 5.74) is 0.290. The predicted molar refractivity (Wildman–Crippen MR) is 78.1 cm³/mol. The van der Waals surface area contributed by atoms with Crippen molar-refractivity contribution in [2.75, 3.05) is 6.61 Å². The van der Waals surface area contributed by atoms with E-state index in [1.54, 1.807) is 26.6 Å². The molecule has 1 unspecified atom stereocenters. The van der Waals surface area contributed by atoms with E-state index in [2.05, 4.69) is 11.6 Å². The Morgan fingerprint density at radius 1 is 1.38 bits per heavy atom. The number of rotatable bonds is 6. The smallest absolute Gasteiger partial charge is 0.417 e. The van der Waals surface area contributed by atoms with Crippen molar-refractivity contribution < 1.29 is 22.3 Å². The van der Waals surface area contributed by atoms with Crippen LogP contribution in [0.25, 0.3) is 5.76 Å². The molecule has 0 radical (unpaired) electrons. The van der Waals surface area contributed by atoms with E-state index in [1.807, 2.05) is 0 Å². The lowest BCUT2D eigenvalue weighted by atomic mass is 10.1. The van der Waals surface area contributed by atoms with Crippen LogP contribution in [0, 0.1) is 0 Å². The Balaban J connectivity index is 3.14. The van der Waals surface area contributed by atoms with Crippen molar-refractivity contribution in [1.29, 1.82) is 0 Å². The van der Waals surface area contributed by atoms with Crippen molar-refractivity contribution in [3.8, 4) is 0 Å². The van der Waals surface area contributed by atoms with Crippen LogP contribution in [0.2, 0.25) is 19.6 Å². The molecule has 1 aromatic heterocycles. The second-order valence-corrected chi connectivity index (χ2v) is 9.94. The number of nitrogens with zero attached hydrogens (tertiary/aromatic N) is 1. The van der Waals surface area contributed by atoms with Crippen molar-refractivity contribution in [2.45, 2.75) is 38.8 Å². The summed E-state index contributed by atoms with van der Waals surface area (Å²) < 4.78 is 50.2. The first-order chi connectivity index (χ1) is 9.54. The van der Waals surface area contributed by atoms with Crippen molar-refractivity contribution >= 4 is 14.1 Å². The standard InChI is InChI=1S/C14H20F3NO2Si/c1-6-19-10(2)12-9-11(7-8-18-12)13(14(15,16)17)20-21(3,4)5/h7-9,13H,2,6H2,1,3-5H3. The van der Waals surface area contributed by atoms with Gasteiger partial charge in [-0.05, 0) is 44.3 Å². The Hall–Kier alpha value is -1.34. The van der Waals surface area contributed by atoms with Gasteiger partial charge in [0.15, 0.2) is 14.4 Å². The molecule has 0 N–H and O–H groups in total. The Kier molecular flexibility index (Phi) is 5.58. The number of hydrogen-bond donors (Lipinski definition) is 0. The topological polar surface area (TPSA) is 31.4 Å². The summed E-state index contributed by atoms with van der Waals surface area (Å²) in [7, 11) is -2.37. The summed E-state index contributed by atoms with van der Waals surface area (Å²) >= 11 is 0. The molecule has 0 amide bonds. The molecule has 0 spiro atoms. The van der Waals surface area contributed by atoms with Gasteiger partial charge in [-0.3, -0.25) is 4.98 Å². The minimum Gasteiger partial charge on any atom is -0.492 e. The molecule has 0 saturated carbocycles. The van der Waals surface area contributed by atoms with Crippen LogP contribution in [0.4, 0.5) is 13.2 Å². The van der Waals surface area contributed by atoms with Crippen LogP contribution in [-0.4, -0.2) is 26.1 Å². The Morgan fingerprint density at radius 2 is 2.00 bits per heavy atom. The SMILES string of the molecule is C=C(OCC)c1cc(C(O[Si](C)(C)C)C(F)(F)F)ccn1. The van der Waals surface area contributed by atoms with E-state index < -0.39 is 20.6 Å². The van der Waals surface area contributed by atoms with Crippen LogP contribution in [0.3, 0.4) is 0 Å². The molecule has 21 heavy (non-hydrogen) atoms. The quantitative estimate of drug-likeness (QED) is 0.569. The number of halogens is 3. The average molecular weight is 319 g/mol. The lowest BCUT2D eigenvalue weighted by molar-refractivity contribution is -0.200. The average Bonchev–Trinajstić information content (AvgIpc) is 2.34. The number of hydrogen-bond acceptors (Lipinski definition) is 3. The molecule has 1 aromatic rings. The van der Waals surface area contributed by atoms with Crippen LogP contribution >= 0.6 is 0 Å². The molecule has 0 bridgehead atoms. The Bertz CT molecular complexity index is 498. The summed E-state index contributed by atoms with van der Waals surface area (Å²) in [4.78, 5) is 3.98. The summed E-state index contributed by atoms with van der Waals surface area (Å²) in [5.74, 6) is 0.244. The highest BCUT2D eigenvalue weighted by molar-refractivity contribution is 6.69. The molecular weight excluding hydrogens is 299 g/mol. The first-order valence-electron chi connectivity index (χ1n) is 6.57. The van der Waals surface area contributed by atoms with Crippen LogP contribution in [0.5, 0.6) is 0 Å². The minimum atomic E-state index is -4.48. The highest BCUT2D eigenvalue weighted by Crippen LogP contribution is 2.38. The van der Waals surface area contributed by atoms with Crippen molar-refractivity contribution in [3.63, 3.8) is 0 Å². The third-order valence-electron chi connectivity index (χ3n) is 2.46. The van der Waals surface area contributed by atoms with Gasteiger partial charge in [-0.15, -0.1) is 0 Å². The fraction of sp³-hybridized carbons (Fsp3) is 0.500. The van der Waals surface area contributed by atoms with Gasteiger partial charge in [-0.1, -0.05) is 6.58 Å². The van der Waals surface area contributed by atoms with Gasteiger partial charge in [0.2, 0.25) is 0 Å². The van der Waals surface area contributed by atoms with E-state index in [1.165, 1.54) is 18.3 Å². The zero-order valence-corrected chi connectivity index (χ0v) is 13.6. The Morgan fingerprint density at radius 3 is 2.48 bits per heavy atom. The number of aromatic nitrogens is 1. The van der Waals surface area contributed by atoms with E-state index >= 15 is 0 Å². The minimum absolute atomic E-state index is 0.00998. The molecule has 1 rings (SSSR count). The van der Waals surface area contributed by atoms with Gasteiger partial charge in [0.1, 0.15) is 11.5 Å². The zero-order valence-electron chi connectivity index (χ0n) is 12.6. The van der Waals surface area contributed by atoms with Crippen LogP contribution in [0.1, 0.15) is 24.3 Å². The van der Waals surface area contributed by atoms with E-state index in [4.69, 9.17) is 9.16 Å². The molecule has 0 aliphatic heterocycles. The number of ether oxygens (including phenoxy) is 1. The van der Waals surface area contributed by atoms with Crippen molar-refractivity contribution in [1.82, 2.24) is 4.98 Å². The molecule has 3 nitrogen and oxygen atoms in total. The van der Waals surface area contributed by atoms with E-state index in [9.17, 15) is 13.2 Å². The highest BCUT2D eigenvalue weighted by Gasteiger charge is 2.44. The van der Waals surface area contributed by atoms with Gasteiger partial charge in [-0.2, -0.15) is 13.2 Å². The van der Waals surface area contributed by atoms with E-state index in [-0.39, 0.29) is 17.0 Å². The maximum atomic E-state index is 13.2. The molecule has 118 valence electrons. The van der Waals surface area contributed by atoms with Crippen LogP contribution in [-0.2, 0) is 9.16 Å². The molecule has 0 aromatic carbocycles. The first kappa shape index (κ1) is 17.7. The summed E-state index contributed by atoms with van der Waals surface area (Å²) in [5, 5.41) is 0. The molecule has 1 atom stereocenters. The van der Waals surface area contributed by atoms with Crippen LogP contribution < -0.4 is 0 Å². The molecule has 0 fully saturated rings. The second kappa shape index (κ2) is 6.61. The summed E-state index contributed by atoms with van der Waals surface area (Å²) in [6.45, 7) is 10.9. The van der Waals surface area contributed by atoms with E-state index in [0.717, 1.165) is 0 Å².